The maximum atomic E-state index is 6.22. The van der Waals surface area contributed by atoms with E-state index < -0.39 is 0 Å². The van der Waals surface area contributed by atoms with Gasteiger partial charge in [0.15, 0.2) is 0 Å². The van der Waals surface area contributed by atoms with Crippen molar-refractivity contribution in [1.82, 2.24) is 0 Å². The van der Waals surface area contributed by atoms with E-state index in [0.717, 1.165) is 23.3 Å². The second-order valence-electron chi connectivity index (χ2n) is 4.26. The second-order valence-corrected chi connectivity index (χ2v) is 5.29. The van der Waals surface area contributed by atoms with Gasteiger partial charge in [-0.05, 0) is 26.7 Å². The highest BCUT2D eigenvalue weighted by Gasteiger charge is 2.20. The molecule has 0 aromatic carbocycles. The van der Waals surface area contributed by atoms with Gasteiger partial charge in [0.05, 0.1) is 5.60 Å². The lowest BCUT2D eigenvalue weighted by molar-refractivity contribution is 0.110. The first-order chi connectivity index (χ1) is 6.02. The van der Waals surface area contributed by atoms with Crippen molar-refractivity contribution in [3.8, 4) is 0 Å². The van der Waals surface area contributed by atoms with Crippen molar-refractivity contribution in [3.05, 3.63) is 0 Å². The molecule has 0 N–H and O–H groups in total. The molecule has 0 aliphatic rings. The maximum absolute atomic E-state index is 6.22. The fraction of sp³-hybridized carbons (Fsp3) is 1.00. The van der Waals surface area contributed by atoms with Crippen LogP contribution >= 0.6 is 11.6 Å². The Morgan fingerprint density at radius 1 is 1.38 bits per heavy atom. The zero-order valence-electron chi connectivity index (χ0n) is 9.40. The van der Waals surface area contributed by atoms with Crippen LogP contribution in [0.5, 0.6) is 0 Å². The normalized spacial score (nSPS) is 14.8. The van der Waals surface area contributed by atoms with Gasteiger partial charge in [0.2, 0.25) is 0 Å². The summed E-state index contributed by atoms with van der Waals surface area (Å²) in [6.45, 7) is 6.46. The average Bonchev–Trinajstić information content (AvgIpc) is 2.04. The van der Waals surface area contributed by atoms with E-state index in [-0.39, 0.29) is 11.0 Å². The summed E-state index contributed by atoms with van der Waals surface area (Å²) in [5.41, 5.74) is -0.00907. The third kappa shape index (κ3) is 7.53. The SMILES string of the molecule is CCCCCC(Cl)CC(C)(C)O[SiH3]. The van der Waals surface area contributed by atoms with Gasteiger partial charge in [-0.15, -0.1) is 11.6 Å². The van der Waals surface area contributed by atoms with E-state index in [1.807, 2.05) is 0 Å². The van der Waals surface area contributed by atoms with Gasteiger partial charge in [-0.2, -0.15) is 0 Å². The summed E-state index contributed by atoms with van der Waals surface area (Å²) >= 11 is 6.22. The van der Waals surface area contributed by atoms with Crippen LogP contribution in [0, 0.1) is 0 Å². The predicted molar refractivity (Wildman–Crippen MR) is 63.5 cm³/mol. The van der Waals surface area contributed by atoms with Crippen LogP contribution in [0.2, 0.25) is 0 Å². The Kier molecular flexibility index (Phi) is 7.10. The van der Waals surface area contributed by atoms with E-state index in [4.69, 9.17) is 16.0 Å². The molecule has 0 aliphatic carbocycles. The third-order valence-electron chi connectivity index (χ3n) is 2.39. The Morgan fingerprint density at radius 2 is 2.00 bits per heavy atom. The highest BCUT2D eigenvalue weighted by molar-refractivity contribution is 6.20. The minimum absolute atomic E-state index is 0.00907. The summed E-state index contributed by atoms with van der Waals surface area (Å²) in [6.07, 6.45) is 5.92. The number of rotatable bonds is 7. The molecule has 1 unspecified atom stereocenters. The van der Waals surface area contributed by atoms with Crippen molar-refractivity contribution in [1.29, 1.82) is 0 Å². The summed E-state index contributed by atoms with van der Waals surface area (Å²) < 4.78 is 5.47. The highest BCUT2D eigenvalue weighted by atomic mass is 35.5. The van der Waals surface area contributed by atoms with Crippen LogP contribution in [0.25, 0.3) is 0 Å². The summed E-state index contributed by atoms with van der Waals surface area (Å²) in [6, 6.07) is 0. The van der Waals surface area contributed by atoms with E-state index in [1.54, 1.807) is 0 Å². The largest absolute Gasteiger partial charge is 0.423 e. The van der Waals surface area contributed by atoms with Gasteiger partial charge in [0, 0.05) is 5.38 Å². The molecule has 0 fully saturated rings. The number of unbranched alkanes of at least 4 members (excludes halogenated alkanes) is 2. The molecule has 0 heterocycles. The lowest BCUT2D eigenvalue weighted by atomic mass is 9.99. The fourth-order valence-corrected chi connectivity index (χ4v) is 2.03. The van der Waals surface area contributed by atoms with Gasteiger partial charge >= 0.3 is 0 Å². The molecule has 3 heteroatoms. The molecular weight excluding hydrogens is 200 g/mol. The molecular formula is C10H23ClOSi. The molecule has 0 radical (unpaired) electrons. The van der Waals surface area contributed by atoms with Crippen molar-refractivity contribution in [2.24, 2.45) is 0 Å². The zero-order chi connectivity index (χ0) is 10.3. The minimum atomic E-state index is -0.00907. The number of alkyl halides is 1. The number of hydrogen-bond acceptors (Lipinski definition) is 1. The van der Waals surface area contributed by atoms with E-state index in [9.17, 15) is 0 Å². The Balaban J connectivity index is 3.55. The van der Waals surface area contributed by atoms with E-state index in [2.05, 4.69) is 20.8 Å². The lowest BCUT2D eigenvalue weighted by Crippen LogP contribution is -2.27. The fourth-order valence-electron chi connectivity index (χ4n) is 1.33. The van der Waals surface area contributed by atoms with Gasteiger partial charge in [0.1, 0.15) is 10.5 Å². The van der Waals surface area contributed by atoms with E-state index in [0.29, 0.717) is 0 Å². The van der Waals surface area contributed by atoms with Gasteiger partial charge in [0.25, 0.3) is 0 Å². The summed E-state index contributed by atoms with van der Waals surface area (Å²) in [4.78, 5) is 0. The molecule has 0 saturated heterocycles. The van der Waals surface area contributed by atoms with Crippen LogP contribution in [0.3, 0.4) is 0 Å². The van der Waals surface area contributed by atoms with Crippen molar-refractivity contribution in [2.45, 2.75) is 63.9 Å². The van der Waals surface area contributed by atoms with Crippen molar-refractivity contribution >= 4 is 22.1 Å². The Labute approximate surface area is 90.7 Å². The quantitative estimate of drug-likeness (QED) is 0.366. The lowest BCUT2D eigenvalue weighted by Gasteiger charge is -2.26. The zero-order valence-corrected chi connectivity index (χ0v) is 12.2. The van der Waals surface area contributed by atoms with Crippen LogP contribution in [0.1, 0.15) is 52.9 Å². The molecule has 0 spiro atoms. The average molecular weight is 223 g/mol. The molecule has 0 saturated carbocycles. The molecule has 0 bridgehead atoms. The van der Waals surface area contributed by atoms with Gasteiger partial charge in [-0.25, -0.2) is 0 Å². The summed E-state index contributed by atoms with van der Waals surface area (Å²) in [7, 11) is 0.800. The molecule has 0 rings (SSSR count). The van der Waals surface area contributed by atoms with Crippen LogP contribution in [0.15, 0.2) is 0 Å². The first-order valence-electron chi connectivity index (χ1n) is 5.21. The first-order valence-corrected chi connectivity index (χ1v) is 6.46. The van der Waals surface area contributed by atoms with E-state index >= 15 is 0 Å². The standard InChI is InChI=1S/C10H23ClOSi/c1-4-5-6-7-9(11)8-10(2,3)12-13/h9H,4-8H2,1-3,13H3. The van der Waals surface area contributed by atoms with Crippen LogP contribution < -0.4 is 0 Å². The molecule has 0 aromatic heterocycles. The van der Waals surface area contributed by atoms with Crippen LogP contribution in [0.4, 0.5) is 0 Å². The molecule has 80 valence electrons. The smallest absolute Gasteiger partial charge is 0.146 e. The summed E-state index contributed by atoms with van der Waals surface area (Å²) in [5.74, 6) is 0. The Bertz CT molecular complexity index is 128. The van der Waals surface area contributed by atoms with Crippen molar-refractivity contribution in [3.63, 3.8) is 0 Å². The van der Waals surface area contributed by atoms with Gasteiger partial charge in [-0.3, -0.25) is 0 Å². The van der Waals surface area contributed by atoms with Crippen LogP contribution in [-0.4, -0.2) is 21.5 Å². The molecule has 0 aromatic rings. The molecule has 1 atom stereocenters. The highest BCUT2D eigenvalue weighted by Crippen LogP contribution is 2.22. The summed E-state index contributed by atoms with van der Waals surface area (Å²) in [5, 5.41) is 0.287. The van der Waals surface area contributed by atoms with Gasteiger partial charge in [-0.1, -0.05) is 26.2 Å². The molecule has 1 nitrogen and oxygen atoms in total. The topological polar surface area (TPSA) is 9.23 Å². The Morgan fingerprint density at radius 3 is 2.46 bits per heavy atom. The first kappa shape index (κ1) is 13.5. The van der Waals surface area contributed by atoms with E-state index in [1.165, 1.54) is 19.3 Å². The molecule has 0 aliphatic heterocycles. The molecule has 13 heavy (non-hydrogen) atoms. The number of hydrogen-bond donors (Lipinski definition) is 0. The third-order valence-corrected chi connectivity index (χ3v) is 3.86. The number of halogens is 1. The monoisotopic (exact) mass is 222 g/mol. The maximum Gasteiger partial charge on any atom is 0.146 e. The van der Waals surface area contributed by atoms with Crippen molar-refractivity contribution in [2.75, 3.05) is 0 Å². The van der Waals surface area contributed by atoms with Gasteiger partial charge < -0.3 is 4.43 Å². The minimum Gasteiger partial charge on any atom is -0.423 e. The predicted octanol–water partition coefficient (Wildman–Crippen LogP) is 2.64. The van der Waals surface area contributed by atoms with Crippen LogP contribution in [-0.2, 0) is 4.43 Å². The molecule has 0 amide bonds. The second kappa shape index (κ2) is 6.85. The Hall–Kier alpha value is 0.467. The van der Waals surface area contributed by atoms with Crippen molar-refractivity contribution < 1.29 is 4.43 Å².